The lowest BCUT2D eigenvalue weighted by Gasteiger charge is -2.00. The van der Waals surface area contributed by atoms with Gasteiger partial charge in [0.15, 0.2) is 0 Å². The summed E-state index contributed by atoms with van der Waals surface area (Å²) in [6.07, 6.45) is 5.30. The van der Waals surface area contributed by atoms with E-state index in [1.54, 1.807) is 12.5 Å². The highest BCUT2D eigenvalue weighted by Gasteiger charge is 1.92. The number of unbranched alkanes of at least 4 members (excludes halogenated alkanes) is 1. The van der Waals surface area contributed by atoms with Crippen LogP contribution in [0.5, 0.6) is 0 Å². The van der Waals surface area contributed by atoms with Gasteiger partial charge in [0.05, 0.1) is 12.5 Å². The van der Waals surface area contributed by atoms with Crippen LogP contribution in [0.3, 0.4) is 0 Å². The van der Waals surface area contributed by atoms with Gasteiger partial charge in [0, 0.05) is 18.7 Å². The van der Waals surface area contributed by atoms with Gasteiger partial charge in [-0.3, -0.25) is 0 Å². The molecular formula is C9H15NO2. The van der Waals surface area contributed by atoms with E-state index in [4.69, 9.17) is 9.52 Å². The van der Waals surface area contributed by atoms with Crippen molar-refractivity contribution in [1.29, 1.82) is 0 Å². The smallest absolute Gasteiger partial charge is 0.0947 e. The number of furan rings is 1. The van der Waals surface area contributed by atoms with E-state index in [1.807, 2.05) is 6.07 Å². The first-order chi connectivity index (χ1) is 5.93. The van der Waals surface area contributed by atoms with E-state index in [-0.39, 0.29) is 6.61 Å². The van der Waals surface area contributed by atoms with E-state index in [1.165, 1.54) is 5.56 Å². The van der Waals surface area contributed by atoms with E-state index in [0.29, 0.717) is 0 Å². The maximum Gasteiger partial charge on any atom is 0.0947 e. The Kier molecular flexibility index (Phi) is 4.49. The molecule has 1 rings (SSSR count). The maximum absolute atomic E-state index is 8.51. The Bertz CT molecular complexity index is 184. The minimum atomic E-state index is 0.285. The van der Waals surface area contributed by atoms with Gasteiger partial charge in [-0.25, -0.2) is 0 Å². The second-order valence-corrected chi connectivity index (χ2v) is 2.74. The van der Waals surface area contributed by atoms with Crippen LogP contribution in [0.1, 0.15) is 18.4 Å². The molecule has 0 aliphatic carbocycles. The molecule has 1 aromatic rings. The Hall–Kier alpha value is -0.800. The summed E-state index contributed by atoms with van der Waals surface area (Å²) in [6, 6.07) is 1.94. The molecule has 2 N–H and O–H groups in total. The van der Waals surface area contributed by atoms with Crippen LogP contribution in [0.25, 0.3) is 0 Å². The molecule has 68 valence electrons. The van der Waals surface area contributed by atoms with Crippen molar-refractivity contribution in [1.82, 2.24) is 5.32 Å². The normalized spacial score (nSPS) is 10.4. The van der Waals surface area contributed by atoms with Crippen molar-refractivity contribution in [3.8, 4) is 0 Å². The third-order valence-corrected chi connectivity index (χ3v) is 1.67. The third-order valence-electron chi connectivity index (χ3n) is 1.67. The largest absolute Gasteiger partial charge is 0.472 e. The molecular weight excluding hydrogens is 154 g/mol. The second-order valence-electron chi connectivity index (χ2n) is 2.74. The summed E-state index contributed by atoms with van der Waals surface area (Å²) in [5, 5.41) is 11.8. The topological polar surface area (TPSA) is 45.4 Å². The summed E-state index contributed by atoms with van der Waals surface area (Å²) in [4.78, 5) is 0. The molecule has 0 fully saturated rings. The van der Waals surface area contributed by atoms with Crippen LogP contribution in [-0.4, -0.2) is 18.3 Å². The first kappa shape index (κ1) is 9.29. The predicted octanol–water partition coefficient (Wildman–Crippen LogP) is 1.14. The second kappa shape index (κ2) is 5.80. The van der Waals surface area contributed by atoms with Gasteiger partial charge >= 0.3 is 0 Å². The van der Waals surface area contributed by atoms with Crippen LogP contribution in [0.2, 0.25) is 0 Å². The fourth-order valence-corrected chi connectivity index (χ4v) is 0.988. The minimum Gasteiger partial charge on any atom is -0.472 e. The van der Waals surface area contributed by atoms with Crippen molar-refractivity contribution >= 4 is 0 Å². The van der Waals surface area contributed by atoms with Gasteiger partial charge in [-0.15, -0.1) is 0 Å². The maximum atomic E-state index is 8.51. The van der Waals surface area contributed by atoms with Crippen LogP contribution in [0.4, 0.5) is 0 Å². The summed E-state index contributed by atoms with van der Waals surface area (Å²) in [5.74, 6) is 0. The standard InChI is InChI=1S/C9H15NO2/c11-5-2-1-4-10-7-9-3-6-12-8-9/h3,6,8,10-11H,1-2,4-5,7H2. The Balaban J connectivity index is 1.96. The molecule has 0 saturated carbocycles. The molecule has 0 aromatic carbocycles. The highest BCUT2D eigenvalue weighted by molar-refractivity contribution is 5.04. The average molecular weight is 169 g/mol. The highest BCUT2D eigenvalue weighted by atomic mass is 16.3. The number of aliphatic hydroxyl groups excluding tert-OH is 1. The number of rotatable bonds is 6. The molecule has 0 spiro atoms. The van der Waals surface area contributed by atoms with Gasteiger partial charge in [0.1, 0.15) is 0 Å². The molecule has 12 heavy (non-hydrogen) atoms. The van der Waals surface area contributed by atoms with Gasteiger partial charge in [-0.05, 0) is 25.5 Å². The molecule has 1 heterocycles. The molecule has 0 bridgehead atoms. The fraction of sp³-hybridized carbons (Fsp3) is 0.556. The first-order valence-corrected chi connectivity index (χ1v) is 4.26. The van der Waals surface area contributed by atoms with Crippen molar-refractivity contribution < 1.29 is 9.52 Å². The van der Waals surface area contributed by atoms with E-state index < -0.39 is 0 Å². The average Bonchev–Trinajstić information content (AvgIpc) is 2.57. The Morgan fingerprint density at radius 3 is 3.00 bits per heavy atom. The van der Waals surface area contributed by atoms with Crippen molar-refractivity contribution in [3.63, 3.8) is 0 Å². The van der Waals surface area contributed by atoms with Crippen molar-refractivity contribution in [3.05, 3.63) is 24.2 Å². The van der Waals surface area contributed by atoms with Crippen LogP contribution in [0.15, 0.2) is 23.0 Å². The molecule has 0 aliphatic rings. The van der Waals surface area contributed by atoms with Gasteiger partial charge in [-0.1, -0.05) is 0 Å². The molecule has 0 radical (unpaired) electrons. The van der Waals surface area contributed by atoms with Crippen LogP contribution < -0.4 is 5.32 Å². The van der Waals surface area contributed by atoms with Gasteiger partial charge in [0.2, 0.25) is 0 Å². The van der Waals surface area contributed by atoms with E-state index in [0.717, 1.165) is 25.9 Å². The monoisotopic (exact) mass is 169 g/mol. The van der Waals surface area contributed by atoms with Crippen molar-refractivity contribution in [2.24, 2.45) is 0 Å². The highest BCUT2D eigenvalue weighted by Crippen LogP contribution is 1.98. The summed E-state index contributed by atoms with van der Waals surface area (Å²) < 4.78 is 4.91. The van der Waals surface area contributed by atoms with Crippen molar-refractivity contribution in [2.75, 3.05) is 13.2 Å². The van der Waals surface area contributed by atoms with Crippen molar-refractivity contribution in [2.45, 2.75) is 19.4 Å². The fourth-order valence-electron chi connectivity index (χ4n) is 0.988. The van der Waals surface area contributed by atoms with Gasteiger partial charge in [-0.2, -0.15) is 0 Å². The van der Waals surface area contributed by atoms with E-state index >= 15 is 0 Å². The predicted molar refractivity (Wildman–Crippen MR) is 46.7 cm³/mol. The summed E-state index contributed by atoms with van der Waals surface area (Å²) in [5.41, 5.74) is 1.17. The number of aliphatic hydroxyl groups is 1. The van der Waals surface area contributed by atoms with Crippen LogP contribution >= 0.6 is 0 Å². The molecule has 0 saturated heterocycles. The van der Waals surface area contributed by atoms with E-state index in [9.17, 15) is 0 Å². The molecule has 0 amide bonds. The number of hydrogen-bond acceptors (Lipinski definition) is 3. The summed E-state index contributed by atoms with van der Waals surface area (Å²) >= 11 is 0. The SMILES string of the molecule is OCCCCNCc1ccoc1. The zero-order valence-corrected chi connectivity index (χ0v) is 7.12. The molecule has 0 aliphatic heterocycles. The lowest BCUT2D eigenvalue weighted by molar-refractivity contribution is 0.283. The van der Waals surface area contributed by atoms with Gasteiger partial charge < -0.3 is 14.8 Å². The molecule has 3 heteroatoms. The van der Waals surface area contributed by atoms with Gasteiger partial charge in [0.25, 0.3) is 0 Å². The summed E-state index contributed by atoms with van der Waals surface area (Å²) in [7, 11) is 0. The molecule has 0 atom stereocenters. The Labute approximate surface area is 72.4 Å². The molecule has 1 aromatic heterocycles. The van der Waals surface area contributed by atoms with Crippen LogP contribution in [-0.2, 0) is 6.54 Å². The third kappa shape index (κ3) is 3.55. The molecule has 0 unspecified atom stereocenters. The van der Waals surface area contributed by atoms with E-state index in [2.05, 4.69) is 5.32 Å². The lowest BCUT2D eigenvalue weighted by Crippen LogP contribution is -2.14. The Morgan fingerprint density at radius 1 is 1.42 bits per heavy atom. The quantitative estimate of drug-likeness (QED) is 0.628. The summed E-state index contributed by atoms with van der Waals surface area (Å²) in [6.45, 7) is 2.08. The lowest BCUT2D eigenvalue weighted by atomic mass is 10.3. The Morgan fingerprint density at radius 2 is 2.33 bits per heavy atom. The zero-order valence-electron chi connectivity index (χ0n) is 7.12. The number of nitrogens with one attached hydrogen (secondary N) is 1. The molecule has 3 nitrogen and oxygen atoms in total. The van der Waals surface area contributed by atoms with Crippen LogP contribution in [0, 0.1) is 0 Å². The zero-order chi connectivity index (χ0) is 8.65. The first-order valence-electron chi connectivity index (χ1n) is 4.26. The number of hydrogen-bond donors (Lipinski definition) is 2. The minimum absolute atomic E-state index is 0.285.